The van der Waals surface area contributed by atoms with E-state index < -0.39 is 9.84 Å². The molecule has 0 fully saturated rings. The zero-order valence-corrected chi connectivity index (χ0v) is 16.6. The van der Waals surface area contributed by atoms with Gasteiger partial charge in [0.2, 0.25) is 0 Å². The van der Waals surface area contributed by atoms with Gasteiger partial charge in [0.25, 0.3) is 5.91 Å². The summed E-state index contributed by atoms with van der Waals surface area (Å²) in [4.78, 5) is 12.3. The molecule has 0 saturated heterocycles. The van der Waals surface area contributed by atoms with Crippen molar-refractivity contribution >= 4 is 15.7 Å². The molecule has 0 aliphatic heterocycles. The molecular formula is C22H20FNO4S. The largest absolute Gasteiger partial charge is 0.457 e. The standard InChI is InChI=1S/C22H20FNO4S/c1-29(26,27)15-17-2-6-18(7-3-17)22(25)24-14-16-4-10-20(11-5-16)28-21-12-8-19(23)9-13-21/h2-13H,14-15H2,1H3,(H,24,25). The molecule has 1 amide bonds. The molecule has 0 aliphatic carbocycles. The second-order valence-electron chi connectivity index (χ2n) is 6.65. The van der Waals surface area contributed by atoms with E-state index in [1.165, 1.54) is 18.4 Å². The fourth-order valence-electron chi connectivity index (χ4n) is 2.65. The molecular weight excluding hydrogens is 393 g/mol. The lowest BCUT2D eigenvalue weighted by atomic mass is 10.1. The average molecular weight is 413 g/mol. The molecule has 0 aromatic heterocycles. The second kappa shape index (κ2) is 8.87. The van der Waals surface area contributed by atoms with Crippen LogP contribution in [0.1, 0.15) is 21.5 Å². The van der Waals surface area contributed by atoms with Crippen molar-refractivity contribution in [2.24, 2.45) is 0 Å². The number of ether oxygens (including phenoxy) is 1. The molecule has 5 nitrogen and oxygen atoms in total. The first-order valence-electron chi connectivity index (χ1n) is 8.86. The number of halogens is 1. The monoisotopic (exact) mass is 413 g/mol. The first-order valence-corrected chi connectivity index (χ1v) is 10.9. The van der Waals surface area contributed by atoms with Crippen LogP contribution in [-0.2, 0) is 22.1 Å². The highest BCUT2D eigenvalue weighted by Gasteiger charge is 2.08. The summed E-state index contributed by atoms with van der Waals surface area (Å²) in [5, 5.41) is 2.82. The number of carbonyl (C=O) groups is 1. The molecule has 0 unspecified atom stereocenters. The van der Waals surface area contributed by atoms with Gasteiger partial charge < -0.3 is 10.1 Å². The third-order valence-corrected chi connectivity index (χ3v) is 4.93. The highest BCUT2D eigenvalue weighted by molar-refractivity contribution is 7.89. The van der Waals surface area contributed by atoms with E-state index >= 15 is 0 Å². The molecule has 0 heterocycles. The number of benzene rings is 3. The summed E-state index contributed by atoms with van der Waals surface area (Å²) in [5.74, 6) is 0.511. The number of amides is 1. The third-order valence-electron chi connectivity index (χ3n) is 4.07. The molecule has 3 rings (SSSR count). The quantitative estimate of drug-likeness (QED) is 0.633. The summed E-state index contributed by atoms with van der Waals surface area (Å²) in [7, 11) is -3.11. The van der Waals surface area contributed by atoms with Crippen LogP contribution in [0.15, 0.2) is 72.8 Å². The molecule has 0 radical (unpaired) electrons. The van der Waals surface area contributed by atoms with Crippen LogP contribution in [0.2, 0.25) is 0 Å². The summed E-state index contributed by atoms with van der Waals surface area (Å²) in [5.41, 5.74) is 1.98. The molecule has 1 N–H and O–H groups in total. The first-order chi connectivity index (χ1) is 13.8. The summed E-state index contributed by atoms with van der Waals surface area (Å²) in [6.45, 7) is 0.334. The van der Waals surface area contributed by atoms with Crippen molar-refractivity contribution in [2.45, 2.75) is 12.3 Å². The van der Waals surface area contributed by atoms with Crippen LogP contribution in [0.5, 0.6) is 11.5 Å². The van der Waals surface area contributed by atoms with Crippen molar-refractivity contribution in [3.63, 3.8) is 0 Å². The van der Waals surface area contributed by atoms with Gasteiger partial charge in [-0.2, -0.15) is 0 Å². The van der Waals surface area contributed by atoms with E-state index in [2.05, 4.69) is 5.32 Å². The van der Waals surface area contributed by atoms with Crippen LogP contribution >= 0.6 is 0 Å². The highest BCUT2D eigenvalue weighted by atomic mass is 32.2. The molecule has 7 heteroatoms. The second-order valence-corrected chi connectivity index (χ2v) is 8.79. The Morgan fingerprint density at radius 2 is 1.38 bits per heavy atom. The summed E-state index contributed by atoms with van der Waals surface area (Å²) >= 11 is 0. The molecule has 3 aromatic rings. The van der Waals surface area contributed by atoms with E-state index in [0.717, 1.165) is 5.56 Å². The fourth-order valence-corrected chi connectivity index (χ4v) is 3.45. The normalized spacial score (nSPS) is 11.1. The van der Waals surface area contributed by atoms with Crippen LogP contribution in [0.3, 0.4) is 0 Å². The molecule has 0 aliphatic rings. The smallest absolute Gasteiger partial charge is 0.251 e. The Morgan fingerprint density at radius 3 is 1.93 bits per heavy atom. The van der Waals surface area contributed by atoms with E-state index in [9.17, 15) is 17.6 Å². The van der Waals surface area contributed by atoms with Gasteiger partial charge in [-0.3, -0.25) is 4.79 Å². The summed E-state index contributed by atoms with van der Waals surface area (Å²) in [6, 6.07) is 19.4. The van der Waals surface area contributed by atoms with Crippen LogP contribution in [0.25, 0.3) is 0 Å². The number of hydrogen-bond acceptors (Lipinski definition) is 4. The Bertz CT molecular complexity index is 1080. The molecule has 150 valence electrons. The van der Waals surface area contributed by atoms with Gasteiger partial charge in [-0.15, -0.1) is 0 Å². The Kier molecular flexibility index (Phi) is 6.29. The SMILES string of the molecule is CS(=O)(=O)Cc1ccc(C(=O)NCc2ccc(Oc3ccc(F)cc3)cc2)cc1. The Balaban J connectivity index is 1.54. The third kappa shape index (κ3) is 6.43. The molecule has 3 aromatic carbocycles. The van der Waals surface area contributed by atoms with Gasteiger partial charge in [-0.1, -0.05) is 24.3 Å². The average Bonchev–Trinajstić information content (AvgIpc) is 2.68. The number of nitrogens with one attached hydrogen (secondary N) is 1. The van der Waals surface area contributed by atoms with E-state index in [-0.39, 0.29) is 17.5 Å². The minimum absolute atomic E-state index is 0.0543. The van der Waals surface area contributed by atoms with Gasteiger partial charge in [-0.25, -0.2) is 12.8 Å². The predicted molar refractivity (Wildman–Crippen MR) is 109 cm³/mol. The van der Waals surface area contributed by atoms with E-state index in [4.69, 9.17) is 4.74 Å². The van der Waals surface area contributed by atoms with E-state index in [1.807, 2.05) is 12.1 Å². The minimum Gasteiger partial charge on any atom is -0.457 e. The van der Waals surface area contributed by atoms with Crippen molar-refractivity contribution in [2.75, 3.05) is 6.26 Å². The van der Waals surface area contributed by atoms with E-state index in [0.29, 0.717) is 29.2 Å². The minimum atomic E-state index is -3.11. The van der Waals surface area contributed by atoms with Gasteiger partial charge in [0.15, 0.2) is 9.84 Å². The number of hydrogen-bond donors (Lipinski definition) is 1. The molecule has 29 heavy (non-hydrogen) atoms. The summed E-state index contributed by atoms with van der Waals surface area (Å²) < 4.78 is 41.2. The number of sulfone groups is 1. The topological polar surface area (TPSA) is 72.5 Å². The maximum Gasteiger partial charge on any atom is 0.251 e. The number of rotatable bonds is 7. The molecule has 0 saturated carbocycles. The van der Waals surface area contributed by atoms with Crippen molar-refractivity contribution in [1.29, 1.82) is 0 Å². The molecule has 0 atom stereocenters. The lowest BCUT2D eigenvalue weighted by Crippen LogP contribution is -2.22. The van der Waals surface area contributed by atoms with Gasteiger partial charge in [-0.05, 0) is 59.7 Å². The Labute approximate surface area is 169 Å². The van der Waals surface area contributed by atoms with Gasteiger partial charge in [0.05, 0.1) is 5.75 Å². The highest BCUT2D eigenvalue weighted by Crippen LogP contribution is 2.21. The lowest BCUT2D eigenvalue weighted by Gasteiger charge is -2.08. The predicted octanol–water partition coefficient (Wildman–Crippen LogP) is 4.09. The van der Waals surface area contributed by atoms with Crippen LogP contribution in [0.4, 0.5) is 4.39 Å². The van der Waals surface area contributed by atoms with Crippen LogP contribution in [0, 0.1) is 5.82 Å². The van der Waals surface area contributed by atoms with Gasteiger partial charge in [0, 0.05) is 18.4 Å². The lowest BCUT2D eigenvalue weighted by molar-refractivity contribution is 0.0951. The fraction of sp³-hybridized carbons (Fsp3) is 0.136. The Hall–Kier alpha value is -3.19. The van der Waals surface area contributed by atoms with Gasteiger partial charge in [0.1, 0.15) is 17.3 Å². The Morgan fingerprint density at radius 1 is 0.862 bits per heavy atom. The summed E-state index contributed by atoms with van der Waals surface area (Å²) in [6.07, 6.45) is 1.17. The zero-order valence-electron chi connectivity index (χ0n) is 15.8. The van der Waals surface area contributed by atoms with Crippen molar-refractivity contribution in [1.82, 2.24) is 5.32 Å². The first kappa shape index (κ1) is 20.5. The van der Waals surface area contributed by atoms with Gasteiger partial charge >= 0.3 is 0 Å². The van der Waals surface area contributed by atoms with Crippen molar-refractivity contribution < 1.29 is 22.3 Å². The van der Waals surface area contributed by atoms with Crippen LogP contribution < -0.4 is 10.1 Å². The zero-order chi connectivity index (χ0) is 20.9. The van der Waals surface area contributed by atoms with Crippen LogP contribution in [-0.4, -0.2) is 20.6 Å². The van der Waals surface area contributed by atoms with Crippen molar-refractivity contribution in [3.8, 4) is 11.5 Å². The molecule has 0 spiro atoms. The number of carbonyl (C=O) groups excluding carboxylic acids is 1. The van der Waals surface area contributed by atoms with E-state index in [1.54, 1.807) is 48.5 Å². The molecule has 0 bridgehead atoms. The van der Waals surface area contributed by atoms with Crippen molar-refractivity contribution in [3.05, 3.63) is 95.3 Å². The maximum atomic E-state index is 12.9. The maximum absolute atomic E-state index is 12.9.